The summed E-state index contributed by atoms with van der Waals surface area (Å²) in [6.45, 7) is 3.02. The molecular formula is C27H31N3O5. The number of carbonyl (C=O) groups is 1. The molecule has 4 aliphatic heterocycles. The van der Waals surface area contributed by atoms with Crippen molar-refractivity contribution in [1.82, 2.24) is 14.8 Å². The first-order valence-electron chi connectivity index (χ1n) is 13.2. The first-order chi connectivity index (χ1) is 17.1. The minimum atomic E-state index is -0.313. The van der Waals surface area contributed by atoms with E-state index >= 15 is 0 Å². The predicted octanol–water partition coefficient (Wildman–Crippen LogP) is 3.61. The number of phenols is 1. The maximum absolute atomic E-state index is 13.4. The molecule has 5 fully saturated rings. The SMILES string of the molecule is O=C(OCc1cnco1)N1CC[C@@]23CC[C@@H]1[C@@H]1Oc4c(O)ccc5c4[C@@]12CCN(CC1CC1)[C@@H]3C5. The van der Waals surface area contributed by atoms with E-state index in [1.807, 2.05) is 4.90 Å². The van der Waals surface area contributed by atoms with Gasteiger partial charge in [-0.25, -0.2) is 9.78 Å². The Morgan fingerprint density at radius 3 is 2.94 bits per heavy atom. The van der Waals surface area contributed by atoms with Gasteiger partial charge in [-0.05, 0) is 69.0 Å². The molecule has 3 saturated heterocycles. The number of aromatic nitrogens is 1. The molecule has 1 aromatic heterocycles. The lowest BCUT2D eigenvalue weighted by Crippen LogP contribution is -2.72. The van der Waals surface area contributed by atoms with Crippen molar-refractivity contribution in [2.45, 2.75) is 75.2 Å². The van der Waals surface area contributed by atoms with Crippen molar-refractivity contribution in [2.75, 3.05) is 19.6 Å². The van der Waals surface area contributed by atoms with Crippen LogP contribution in [0.5, 0.6) is 11.5 Å². The number of piperidine rings is 1. The number of nitrogens with zero attached hydrogens (tertiary/aromatic N) is 3. The molecule has 9 rings (SSSR count). The molecule has 0 unspecified atom stereocenters. The van der Waals surface area contributed by atoms with E-state index in [1.165, 1.54) is 36.9 Å². The van der Waals surface area contributed by atoms with Gasteiger partial charge >= 0.3 is 6.09 Å². The number of fused-ring (bicyclic) bond motifs is 3. The molecule has 1 aromatic carbocycles. The van der Waals surface area contributed by atoms with Crippen LogP contribution in [0.1, 0.15) is 55.4 Å². The van der Waals surface area contributed by atoms with Crippen LogP contribution in [0.3, 0.4) is 0 Å². The zero-order valence-electron chi connectivity index (χ0n) is 19.8. The second kappa shape index (κ2) is 6.93. The molecule has 0 radical (unpaired) electrons. The third kappa shape index (κ3) is 2.56. The van der Waals surface area contributed by atoms with Crippen molar-refractivity contribution in [3.8, 4) is 11.5 Å². The largest absolute Gasteiger partial charge is 0.504 e. The minimum Gasteiger partial charge on any atom is -0.504 e. The summed E-state index contributed by atoms with van der Waals surface area (Å²) in [5.74, 6) is 2.29. The summed E-state index contributed by atoms with van der Waals surface area (Å²) in [6, 6.07) is 4.32. The minimum absolute atomic E-state index is 0.0489. The van der Waals surface area contributed by atoms with E-state index in [2.05, 4.69) is 16.0 Å². The molecule has 8 nitrogen and oxygen atoms in total. The summed E-state index contributed by atoms with van der Waals surface area (Å²) >= 11 is 0. The fourth-order valence-electron chi connectivity index (χ4n) is 8.74. The van der Waals surface area contributed by atoms with Gasteiger partial charge < -0.3 is 23.9 Å². The van der Waals surface area contributed by atoms with Crippen LogP contribution in [0, 0.1) is 11.3 Å². The van der Waals surface area contributed by atoms with Crippen molar-refractivity contribution < 1.29 is 23.8 Å². The molecule has 4 bridgehead atoms. The highest BCUT2D eigenvalue weighted by Gasteiger charge is 2.74. The lowest BCUT2D eigenvalue weighted by atomic mass is 9.42. The highest BCUT2D eigenvalue weighted by Crippen LogP contribution is 2.71. The van der Waals surface area contributed by atoms with Crippen molar-refractivity contribution in [1.29, 1.82) is 0 Å². The highest BCUT2D eigenvalue weighted by atomic mass is 16.6. The zero-order valence-corrected chi connectivity index (χ0v) is 19.8. The van der Waals surface area contributed by atoms with Gasteiger partial charge in [0.1, 0.15) is 6.10 Å². The van der Waals surface area contributed by atoms with E-state index in [0.717, 1.165) is 44.6 Å². The summed E-state index contributed by atoms with van der Waals surface area (Å²) in [7, 11) is 0. The Balaban J connectivity index is 1.21. The second-order valence-corrected chi connectivity index (χ2v) is 11.6. The van der Waals surface area contributed by atoms with Gasteiger partial charge in [0.15, 0.2) is 30.3 Å². The molecule has 1 amide bonds. The van der Waals surface area contributed by atoms with Crippen LogP contribution in [0.2, 0.25) is 0 Å². The number of ether oxygens (including phenoxy) is 2. The predicted molar refractivity (Wildman–Crippen MR) is 124 cm³/mol. The average Bonchev–Trinajstić information content (AvgIpc) is 3.47. The van der Waals surface area contributed by atoms with E-state index in [-0.39, 0.29) is 41.4 Å². The standard InChI is InChI=1S/C27H31N3O5/c31-20-4-3-17-11-21-26-6-5-19(30(10-7-26)25(32)33-14-18-12-28-15-34-18)24-27(26,22(17)23(20)35-24)8-9-29(21)13-16-1-2-16/h3-4,12,15-16,19,21,24,31H,1-2,5-11,13-14H2/t19-,21-,24+,26-,27+/m1/s1. The zero-order chi connectivity index (χ0) is 23.4. The van der Waals surface area contributed by atoms with Gasteiger partial charge in [0.05, 0.1) is 12.2 Å². The van der Waals surface area contributed by atoms with Gasteiger partial charge in [-0.3, -0.25) is 4.90 Å². The lowest BCUT2D eigenvalue weighted by molar-refractivity contribution is -0.129. The number of likely N-dealkylation sites (tertiary alicyclic amines) is 1. The van der Waals surface area contributed by atoms with E-state index in [4.69, 9.17) is 13.9 Å². The Kier molecular flexibility index (Phi) is 4.05. The van der Waals surface area contributed by atoms with E-state index in [0.29, 0.717) is 24.1 Å². The van der Waals surface area contributed by atoms with Crippen LogP contribution in [-0.2, 0) is 23.2 Å². The number of aromatic hydroxyl groups is 1. The Morgan fingerprint density at radius 2 is 2.11 bits per heavy atom. The normalized spacial score (nSPS) is 36.5. The first-order valence-corrected chi connectivity index (χ1v) is 13.2. The van der Waals surface area contributed by atoms with Gasteiger partial charge in [-0.1, -0.05) is 6.07 Å². The van der Waals surface area contributed by atoms with Gasteiger partial charge in [0.25, 0.3) is 0 Å². The Bertz CT molecular complexity index is 1200. The molecule has 7 aliphatic rings. The molecule has 5 heterocycles. The molecule has 2 spiro atoms. The van der Waals surface area contributed by atoms with Gasteiger partial charge in [-0.15, -0.1) is 0 Å². The maximum atomic E-state index is 13.4. The summed E-state index contributed by atoms with van der Waals surface area (Å²) in [6.07, 6.45) is 10.1. The van der Waals surface area contributed by atoms with Gasteiger partial charge in [0, 0.05) is 35.5 Å². The number of benzene rings is 1. The van der Waals surface area contributed by atoms with Crippen LogP contribution < -0.4 is 4.74 Å². The summed E-state index contributed by atoms with van der Waals surface area (Å²) in [5, 5.41) is 10.9. The van der Waals surface area contributed by atoms with Crippen molar-refractivity contribution in [2.24, 2.45) is 11.3 Å². The third-order valence-corrected chi connectivity index (χ3v) is 10.3. The molecule has 5 atom stereocenters. The molecule has 3 aliphatic carbocycles. The number of oxazole rings is 1. The Morgan fingerprint density at radius 1 is 1.20 bits per heavy atom. The molecule has 1 N–H and O–H groups in total. The quantitative estimate of drug-likeness (QED) is 0.720. The lowest BCUT2D eigenvalue weighted by Gasteiger charge is -2.65. The first kappa shape index (κ1) is 20.5. The molecule has 35 heavy (non-hydrogen) atoms. The fraction of sp³-hybridized carbons (Fsp3) is 0.630. The third-order valence-electron chi connectivity index (χ3n) is 10.3. The number of amides is 1. The monoisotopic (exact) mass is 477 g/mol. The second-order valence-electron chi connectivity index (χ2n) is 11.6. The number of hydrogen-bond acceptors (Lipinski definition) is 7. The number of phenolic OH excluding ortho intramolecular Hbond substituents is 1. The van der Waals surface area contributed by atoms with Crippen LogP contribution >= 0.6 is 0 Å². The molecule has 184 valence electrons. The van der Waals surface area contributed by atoms with Crippen LogP contribution in [0.4, 0.5) is 4.79 Å². The topological polar surface area (TPSA) is 88.3 Å². The smallest absolute Gasteiger partial charge is 0.410 e. The molecule has 2 saturated carbocycles. The Hall–Kier alpha value is -2.74. The highest BCUT2D eigenvalue weighted by molar-refractivity contribution is 5.70. The number of hydrogen-bond donors (Lipinski definition) is 1. The van der Waals surface area contributed by atoms with Gasteiger partial charge in [0.2, 0.25) is 0 Å². The molecular weight excluding hydrogens is 446 g/mol. The summed E-state index contributed by atoms with van der Waals surface area (Å²) in [4.78, 5) is 22.0. The molecule has 8 heteroatoms. The van der Waals surface area contributed by atoms with E-state index in [9.17, 15) is 9.90 Å². The maximum Gasteiger partial charge on any atom is 0.410 e. The number of rotatable bonds is 4. The fourth-order valence-corrected chi connectivity index (χ4v) is 8.74. The van der Waals surface area contributed by atoms with Crippen molar-refractivity contribution >= 4 is 6.09 Å². The van der Waals surface area contributed by atoms with Crippen molar-refractivity contribution in [3.05, 3.63) is 41.6 Å². The van der Waals surface area contributed by atoms with Crippen molar-refractivity contribution in [3.63, 3.8) is 0 Å². The average molecular weight is 478 g/mol. The van der Waals surface area contributed by atoms with E-state index in [1.54, 1.807) is 12.3 Å². The summed E-state index contributed by atoms with van der Waals surface area (Å²) in [5.41, 5.74) is 2.49. The van der Waals surface area contributed by atoms with Crippen LogP contribution in [0.15, 0.2) is 29.1 Å². The van der Waals surface area contributed by atoms with Crippen LogP contribution in [0.25, 0.3) is 0 Å². The van der Waals surface area contributed by atoms with E-state index < -0.39 is 0 Å². The number of carbonyl (C=O) groups excluding carboxylic acids is 1. The Labute approximate surface area is 204 Å². The van der Waals surface area contributed by atoms with Crippen LogP contribution in [-0.4, -0.2) is 63.8 Å². The summed E-state index contributed by atoms with van der Waals surface area (Å²) < 4.78 is 17.7. The molecule has 2 aromatic rings. The van der Waals surface area contributed by atoms with Gasteiger partial charge in [-0.2, -0.15) is 0 Å².